The number of aliphatic hydroxyl groups excluding tert-OH is 2. The van der Waals surface area contributed by atoms with Gasteiger partial charge in [-0.3, -0.25) is 9.59 Å². The van der Waals surface area contributed by atoms with Crippen LogP contribution in [0, 0.1) is 0 Å². The number of unbranched alkanes of at least 4 members (excludes halogenated alkanes) is 44. The molecule has 64 heavy (non-hydrogen) atoms. The zero-order chi connectivity index (χ0) is 46.5. The first-order valence-electron chi connectivity index (χ1n) is 29.3. The SMILES string of the molecule is CCCCCCCCCCCCCCCCCC(=O)OCCCCCCCCCCCCCCCCCCCCCCCC(=O)NC(CO)C(O)CCCCCCCCCCCCC. The lowest BCUT2D eigenvalue weighted by atomic mass is 10.0. The lowest BCUT2D eigenvalue weighted by Crippen LogP contribution is -2.45. The van der Waals surface area contributed by atoms with Gasteiger partial charge in [0.05, 0.1) is 25.4 Å². The molecular formula is C58H115NO5. The second-order valence-corrected chi connectivity index (χ2v) is 20.3. The summed E-state index contributed by atoms with van der Waals surface area (Å²) in [6, 6.07) is -0.539. The molecular weight excluding hydrogens is 791 g/mol. The van der Waals surface area contributed by atoms with Crippen LogP contribution in [-0.4, -0.2) is 47.4 Å². The molecule has 0 aliphatic heterocycles. The van der Waals surface area contributed by atoms with Gasteiger partial charge in [-0.1, -0.05) is 296 Å². The lowest BCUT2D eigenvalue weighted by molar-refractivity contribution is -0.143. The van der Waals surface area contributed by atoms with Gasteiger partial charge in [-0.25, -0.2) is 0 Å². The molecule has 0 saturated carbocycles. The fourth-order valence-corrected chi connectivity index (χ4v) is 9.41. The minimum absolute atomic E-state index is 0.0156. The fourth-order valence-electron chi connectivity index (χ4n) is 9.41. The summed E-state index contributed by atoms with van der Waals surface area (Å²) in [6.07, 6.45) is 62.4. The van der Waals surface area contributed by atoms with Crippen LogP contribution in [0.5, 0.6) is 0 Å². The third kappa shape index (κ3) is 50.3. The minimum Gasteiger partial charge on any atom is -0.466 e. The van der Waals surface area contributed by atoms with Crippen molar-refractivity contribution in [2.75, 3.05) is 13.2 Å². The molecule has 382 valence electrons. The number of esters is 1. The molecule has 0 bridgehead atoms. The van der Waals surface area contributed by atoms with Crippen LogP contribution in [0.4, 0.5) is 0 Å². The molecule has 0 heterocycles. The van der Waals surface area contributed by atoms with E-state index in [1.807, 2.05) is 0 Å². The second-order valence-electron chi connectivity index (χ2n) is 20.3. The average molecular weight is 907 g/mol. The van der Waals surface area contributed by atoms with Crippen LogP contribution in [0.3, 0.4) is 0 Å². The van der Waals surface area contributed by atoms with E-state index in [0.29, 0.717) is 25.9 Å². The highest BCUT2D eigenvalue weighted by molar-refractivity contribution is 5.76. The molecule has 0 spiro atoms. The molecule has 0 aliphatic carbocycles. The number of carbonyl (C=O) groups is 2. The number of hydrogen-bond donors (Lipinski definition) is 3. The number of hydrogen-bond acceptors (Lipinski definition) is 5. The van der Waals surface area contributed by atoms with E-state index in [4.69, 9.17) is 4.74 Å². The van der Waals surface area contributed by atoms with Crippen LogP contribution in [-0.2, 0) is 14.3 Å². The summed E-state index contributed by atoms with van der Waals surface area (Å²) in [5.41, 5.74) is 0. The monoisotopic (exact) mass is 906 g/mol. The molecule has 0 aromatic heterocycles. The van der Waals surface area contributed by atoms with E-state index in [0.717, 1.165) is 38.5 Å². The van der Waals surface area contributed by atoms with Gasteiger partial charge in [-0.2, -0.15) is 0 Å². The Bertz CT molecular complexity index is 913. The Morgan fingerprint density at radius 3 is 0.953 bits per heavy atom. The van der Waals surface area contributed by atoms with E-state index >= 15 is 0 Å². The molecule has 2 unspecified atom stereocenters. The first-order chi connectivity index (χ1) is 31.5. The van der Waals surface area contributed by atoms with E-state index in [1.165, 1.54) is 263 Å². The molecule has 0 aromatic carbocycles. The summed E-state index contributed by atoms with van der Waals surface area (Å²) in [7, 11) is 0. The summed E-state index contributed by atoms with van der Waals surface area (Å²) in [5.74, 6) is -0.0195. The first kappa shape index (κ1) is 62.9. The zero-order valence-electron chi connectivity index (χ0n) is 43.5. The number of aliphatic hydroxyl groups is 2. The largest absolute Gasteiger partial charge is 0.466 e. The zero-order valence-corrected chi connectivity index (χ0v) is 43.5. The molecule has 0 aromatic rings. The van der Waals surface area contributed by atoms with Gasteiger partial charge in [-0.15, -0.1) is 0 Å². The van der Waals surface area contributed by atoms with Crippen LogP contribution in [0.15, 0.2) is 0 Å². The van der Waals surface area contributed by atoms with Crippen LogP contribution >= 0.6 is 0 Å². The summed E-state index contributed by atoms with van der Waals surface area (Å²) in [4.78, 5) is 24.5. The maximum absolute atomic E-state index is 12.4. The number of amides is 1. The second kappa shape index (κ2) is 54.5. The van der Waals surface area contributed by atoms with Crippen molar-refractivity contribution in [3.8, 4) is 0 Å². The highest BCUT2D eigenvalue weighted by atomic mass is 16.5. The number of nitrogens with one attached hydrogen (secondary N) is 1. The normalized spacial score (nSPS) is 12.5. The van der Waals surface area contributed by atoms with Crippen molar-refractivity contribution in [1.29, 1.82) is 0 Å². The molecule has 0 rings (SSSR count). The first-order valence-corrected chi connectivity index (χ1v) is 29.3. The van der Waals surface area contributed by atoms with Crippen LogP contribution in [0.25, 0.3) is 0 Å². The van der Waals surface area contributed by atoms with Crippen molar-refractivity contribution in [3.05, 3.63) is 0 Å². The van der Waals surface area contributed by atoms with Gasteiger partial charge in [-0.05, 0) is 25.7 Å². The van der Waals surface area contributed by atoms with Crippen LogP contribution in [0.1, 0.15) is 335 Å². The van der Waals surface area contributed by atoms with Gasteiger partial charge in [0.1, 0.15) is 0 Å². The Balaban J connectivity index is 3.34. The Kier molecular flexibility index (Phi) is 53.5. The van der Waals surface area contributed by atoms with Gasteiger partial charge in [0.25, 0.3) is 0 Å². The van der Waals surface area contributed by atoms with E-state index in [2.05, 4.69) is 19.2 Å². The van der Waals surface area contributed by atoms with Gasteiger partial charge >= 0.3 is 5.97 Å². The van der Waals surface area contributed by atoms with E-state index in [-0.39, 0.29) is 18.5 Å². The quantitative estimate of drug-likeness (QED) is 0.0417. The minimum atomic E-state index is -0.662. The maximum Gasteiger partial charge on any atom is 0.305 e. The van der Waals surface area contributed by atoms with Gasteiger partial charge in [0.15, 0.2) is 0 Å². The third-order valence-corrected chi connectivity index (χ3v) is 13.9. The molecule has 2 atom stereocenters. The number of ether oxygens (including phenoxy) is 1. The molecule has 0 fully saturated rings. The van der Waals surface area contributed by atoms with Crippen LogP contribution < -0.4 is 5.32 Å². The maximum atomic E-state index is 12.4. The van der Waals surface area contributed by atoms with Crippen molar-refractivity contribution in [1.82, 2.24) is 5.32 Å². The molecule has 0 saturated heterocycles. The Morgan fingerprint density at radius 2 is 0.641 bits per heavy atom. The van der Waals surface area contributed by atoms with Crippen molar-refractivity contribution >= 4 is 11.9 Å². The summed E-state index contributed by atoms with van der Waals surface area (Å²) < 4.78 is 5.49. The summed E-state index contributed by atoms with van der Waals surface area (Å²) in [5, 5.41) is 23.2. The number of carbonyl (C=O) groups excluding carboxylic acids is 2. The topological polar surface area (TPSA) is 95.9 Å². The molecule has 0 aliphatic rings. The van der Waals surface area contributed by atoms with Crippen molar-refractivity contribution in [3.63, 3.8) is 0 Å². The predicted molar refractivity (Wildman–Crippen MR) is 278 cm³/mol. The average Bonchev–Trinajstić information content (AvgIpc) is 3.29. The van der Waals surface area contributed by atoms with Crippen molar-refractivity contribution in [2.45, 2.75) is 347 Å². The molecule has 6 heteroatoms. The predicted octanol–water partition coefficient (Wildman–Crippen LogP) is 17.9. The third-order valence-electron chi connectivity index (χ3n) is 13.9. The van der Waals surface area contributed by atoms with Gasteiger partial charge in [0, 0.05) is 12.8 Å². The molecule has 0 radical (unpaired) electrons. The molecule has 3 N–H and O–H groups in total. The Morgan fingerprint density at radius 1 is 0.375 bits per heavy atom. The highest BCUT2D eigenvalue weighted by Crippen LogP contribution is 2.18. The van der Waals surface area contributed by atoms with E-state index < -0.39 is 12.1 Å². The smallest absolute Gasteiger partial charge is 0.305 e. The Hall–Kier alpha value is -1.14. The van der Waals surface area contributed by atoms with Crippen molar-refractivity contribution < 1.29 is 24.5 Å². The highest BCUT2D eigenvalue weighted by Gasteiger charge is 2.20. The standard InChI is InChI=1S/C58H115NO5/c1-3-5-7-9-11-13-15-16-24-28-32-36-40-44-48-52-58(63)64-53-49-45-41-37-33-29-26-23-21-19-17-18-20-22-25-27-31-35-39-43-47-51-57(62)59-55(54-60)56(61)50-46-42-38-34-30-14-12-10-8-6-4-2/h55-56,60-61H,3-54H2,1-2H3,(H,59,62). The van der Waals surface area contributed by atoms with E-state index in [9.17, 15) is 19.8 Å². The fraction of sp³-hybridized carbons (Fsp3) is 0.966. The molecule has 1 amide bonds. The lowest BCUT2D eigenvalue weighted by Gasteiger charge is -2.22. The summed E-state index contributed by atoms with van der Waals surface area (Å²) >= 11 is 0. The van der Waals surface area contributed by atoms with Crippen LogP contribution in [0.2, 0.25) is 0 Å². The van der Waals surface area contributed by atoms with Gasteiger partial charge < -0.3 is 20.3 Å². The molecule has 6 nitrogen and oxygen atoms in total. The van der Waals surface area contributed by atoms with Gasteiger partial charge in [0.2, 0.25) is 5.91 Å². The summed E-state index contributed by atoms with van der Waals surface area (Å²) in [6.45, 7) is 4.97. The Labute approximate surface area is 400 Å². The van der Waals surface area contributed by atoms with E-state index in [1.54, 1.807) is 0 Å². The van der Waals surface area contributed by atoms with Crippen molar-refractivity contribution in [2.24, 2.45) is 0 Å². The number of rotatable bonds is 55.